The second kappa shape index (κ2) is 6.86. The van der Waals surface area contributed by atoms with Crippen molar-refractivity contribution in [1.29, 1.82) is 0 Å². The van der Waals surface area contributed by atoms with Crippen LogP contribution in [0.5, 0.6) is 0 Å². The van der Waals surface area contributed by atoms with Gasteiger partial charge in [-0.1, -0.05) is 0 Å². The lowest BCUT2D eigenvalue weighted by Gasteiger charge is -2.27. The van der Waals surface area contributed by atoms with Gasteiger partial charge in [-0.15, -0.1) is 0 Å². The molecule has 94 valence electrons. The topological polar surface area (TPSA) is 38.8 Å². The third-order valence-corrected chi connectivity index (χ3v) is 3.10. The molecule has 0 unspecified atom stereocenters. The zero-order valence-electron chi connectivity index (χ0n) is 10.6. The quantitative estimate of drug-likeness (QED) is 0.666. The summed E-state index contributed by atoms with van der Waals surface area (Å²) in [4.78, 5) is 13.4. The summed E-state index contributed by atoms with van der Waals surface area (Å²) in [7, 11) is 5.54. The highest BCUT2D eigenvalue weighted by Gasteiger charge is 2.27. The number of rotatable bonds is 5. The number of carbonyl (C=O) groups excluding carboxylic acids is 1. The van der Waals surface area contributed by atoms with E-state index in [0.29, 0.717) is 6.10 Å². The molecular weight excluding hydrogens is 206 g/mol. The number of nitrogens with zero attached hydrogens (tertiary/aromatic N) is 1. The normalized spacial score (nSPS) is 25.8. The maximum atomic E-state index is 11.3. The van der Waals surface area contributed by atoms with E-state index in [1.807, 2.05) is 14.1 Å². The maximum absolute atomic E-state index is 11.3. The molecule has 0 spiro atoms. The molecule has 1 rings (SSSR count). The van der Waals surface area contributed by atoms with Crippen molar-refractivity contribution < 1.29 is 14.3 Å². The van der Waals surface area contributed by atoms with Gasteiger partial charge >= 0.3 is 5.97 Å². The minimum atomic E-state index is -0.0632. The third kappa shape index (κ3) is 4.49. The number of likely N-dealkylation sites (N-methyl/N-ethyl adjacent to an activating group) is 1. The molecule has 4 heteroatoms. The molecule has 0 N–H and O–H groups in total. The van der Waals surface area contributed by atoms with Gasteiger partial charge in [-0.2, -0.15) is 0 Å². The van der Waals surface area contributed by atoms with Gasteiger partial charge in [-0.25, -0.2) is 0 Å². The Morgan fingerprint density at radius 1 is 1.25 bits per heavy atom. The van der Waals surface area contributed by atoms with Crippen molar-refractivity contribution in [1.82, 2.24) is 4.90 Å². The summed E-state index contributed by atoms with van der Waals surface area (Å²) < 4.78 is 10.5. The van der Waals surface area contributed by atoms with Gasteiger partial charge in [0.2, 0.25) is 0 Å². The first-order chi connectivity index (χ1) is 7.63. The SMILES string of the molecule is COC(=O)C1CCC(OCCN(C)C)CC1. The van der Waals surface area contributed by atoms with Crippen LogP contribution in [0.15, 0.2) is 0 Å². The Balaban J connectivity index is 2.14. The molecule has 0 aromatic rings. The average molecular weight is 229 g/mol. The zero-order valence-corrected chi connectivity index (χ0v) is 10.6. The number of hydrogen-bond donors (Lipinski definition) is 0. The predicted molar refractivity (Wildman–Crippen MR) is 62.3 cm³/mol. The van der Waals surface area contributed by atoms with Crippen molar-refractivity contribution in [2.75, 3.05) is 34.4 Å². The molecule has 0 aliphatic heterocycles. The molecule has 16 heavy (non-hydrogen) atoms. The third-order valence-electron chi connectivity index (χ3n) is 3.10. The van der Waals surface area contributed by atoms with Gasteiger partial charge in [0.05, 0.1) is 25.7 Å². The minimum Gasteiger partial charge on any atom is -0.469 e. The van der Waals surface area contributed by atoms with Crippen LogP contribution in [0.25, 0.3) is 0 Å². The molecule has 0 aromatic heterocycles. The Hall–Kier alpha value is -0.610. The van der Waals surface area contributed by atoms with Gasteiger partial charge in [-0.05, 0) is 39.8 Å². The summed E-state index contributed by atoms with van der Waals surface area (Å²) in [6.07, 6.45) is 4.10. The number of esters is 1. The first kappa shape index (κ1) is 13.5. The first-order valence-corrected chi connectivity index (χ1v) is 5.97. The molecule has 0 amide bonds. The molecule has 0 bridgehead atoms. The van der Waals surface area contributed by atoms with E-state index >= 15 is 0 Å². The summed E-state index contributed by atoms with van der Waals surface area (Å²) in [5.74, 6) is 0.0328. The van der Waals surface area contributed by atoms with Crippen LogP contribution in [0, 0.1) is 5.92 Å². The molecule has 1 aliphatic rings. The van der Waals surface area contributed by atoms with Crippen molar-refractivity contribution in [2.24, 2.45) is 5.92 Å². The molecule has 1 aliphatic carbocycles. The molecule has 0 radical (unpaired) electrons. The first-order valence-electron chi connectivity index (χ1n) is 5.97. The van der Waals surface area contributed by atoms with Crippen molar-refractivity contribution in [3.63, 3.8) is 0 Å². The average Bonchev–Trinajstić information content (AvgIpc) is 2.28. The van der Waals surface area contributed by atoms with Crippen molar-refractivity contribution in [3.05, 3.63) is 0 Å². The molecule has 0 heterocycles. The van der Waals surface area contributed by atoms with E-state index in [0.717, 1.165) is 38.8 Å². The van der Waals surface area contributed by atoms with Gasteiger partial charge in [-0.3, -0.25) is 4.79 Å². The van der Waals surface area contributed by atoms with E-state index < -0.39 is 0 Å². The largest absolute Gasteiger partial charge is 0.469 e. The monoisotopic (exact) mass is 229 g/mol. The summed E-state index contributed by atoms with van der Waals surface area (Å²) in [6.45, 7) is 1.73. The van der Waals surface area contributed by atoms with Crippen LogP contribution >= 0.6 is 0 Å². The highest BCUT2D eigenvalue weighted by Crippen LogP contribution is 2.26. The maximum Gasteiger partial charge on any atom is 0.308 e. The Morgan fingerprint density at radius 2 is 1.88 bits per heavy atom. The van der Waals surface area contributed by atoms with E-state index in [4.69, 9.17) is 9.47 Å². The van der Waals surface area contributed by atoms with Crippen LogP contribution in [-0.4, -0.2) is 51.3 Å². The Kier molecular flexibility index (Phi) is 5.77. The highest BCUT2D eigenvalue weighted by molar-refractivity contribution is 5.72. The zero-order chi connectivity index (χ0) is 12.0. The van der Waals surface area contributed by atoms with Crippen LogP contribution in [0.3, 0.4) is 0 Å². The number of carbonyl (C=O) groups is 1. The van der Waals surface area contributed by atoms with Crippen LogP contribution < -0.4 is 0 Å². The van der Waals surface area contributed by atoms with Gasteiger partial charge in [0, 0.05) is 6.54 Å². The number of ether oxygens (including phenoxy) is 2. The van der Waals surface area contributed by atoms with Crippen molar-refractivity contribution in [3.8, 4) is 0 Å². The van der Waals surface area contributed by atoms with Crippen molar-refractivity contribution in [2.45, 2.75) is 31.8 Å². The number of methoxy groups -OCH3 is 1. The second-order valence-corrected chi connectivity index (χ2v) is 4.67. The molecule has 0 atom stereocenters. The van der Waals surface area contributed by atoms with Crippen LogP contribution in [-0.2, 0) is 14.3 Å². The van der Waals surface area contributed by atoms with Gasteiger partial charge in [0.1, 0.15) is 0 Å². The minimum absolute atomic E-state index is 0.0632. The second-order valence-electron chi connectivity index (χ2n) is 4.67. The van der Waals surface area contributed by atoms with E-state index in [2.05, 4.69) is 4.90 Å². The van der Waals surface area contributed by atoms with E-state index in [1.165, 1.54) is 7.11 Å². The van der Waals surface area contributed by atoms with Gasteiger partial charge in [0.25, 0.3) is 0 Å². The Morgan fingerprint density at radius 3 is 2.38 bits per heavy atom. The van der Waals surface area contributed by atoms with Crippen molar-refractivity contribution >= 4 is 5.97 Å². The molecule has 1 saturated carbocycles. The summed E-state index contributed by atoms with van der Waals surface area (Å²) in [5, 5.41) is 0. The molecule has 1 fully saturated rings. The lowest BCUT2D eigenvalue weighted by atomic mass is 9.87. The fourth-order valence-electron chi connectivity index (χ4n) is 2.03. The molecular formula is C12H23NO3. The number of hydrogen-bond acceptors (Lipinski definition) is 4. The van der Waals surface area contributed by atoms with Gasteiger partial charge < -0.3 is 14.4 Å². The summed E-state index contributed by atoms with van der Waals surface area (Å²) in [6, 6.07) is 0. The van der Waals surface area contributed by atoms with E-state index in [-0.39, 0.29) is 11.9 Å². The lowest BCUT2D eigenvalue weighted by molar-refractivity contribution is -0.147. The smallest absolute Gasteiger partial charge is 0.308 e. The standard InChI is InChI=1S/C12H23NO3/c1-13(2)8-9-16-11-6-4-10(5-7-11)12(14)15-3/h10-11H,4-9H2,1-3H3. The Bertz CT molecular complexity index is 210. The molecule has 0 saturated heterocycles. The fraction of sp³-hybridized carbons (Fsp3) is 0.917. The molecule has 0 aromatic carbocycles. The lowest BCUT2D eigenvalue weighted by Crippen LogP contribution is -2.29. The van der Waals surface area contributed by atoms with E-state index in [1.54, 1.807) is 0 Å². The summed E-state index contributed by atoms with van der Waals surface area (Å²) in [5.41, 5.74) is 0. The summed E-state index contributed by atoms with van der Waals surface area (Å²) >= 11 is 0. The van der Waals surface area contributed by atoms with Gasteiger partial charge in [0.15, 0.2) is 0 Å². The predicted octanol–water partition coefficient (Wildman–Crippen LogP) is 1.30. The Labute approximate surface area is 97.9 Å². The molecule has 4 nitrogen and oxygen atoms in total. The van der Waals surface area contributed by atoms with E-state index in [9.17, 15) is 4.79 Å². The van der Waals surface area contributed by atoms with Crippen LogP contribution in [0.4, 0.5) is 0 Å². The van der Waals surface area contributed by atoms with Crippen LogP contribution in [0.1, 0.15) is 25.7 Å². The fourth-order valence-corrected chi connectivity index (χ4v) is 2.03. The highest BCUT2D eigenvalue weighted by atomic mass is 16.5. The van der Waals surface area contributed by atoms with Crippen LogP contribution in [0.2, 0.25) is 0 Å².